The molecule has 3 aliphatic rings. The van der Waals surface area contributed by atoms with E-state index in [0.717, 1.165) is 30.8 Å². The van der Waals surface area contributed by atoms with Crippen LogP contribution in [0.1, 0.15) is 61.0 Å². The number of halogens is 3. The first-order chi connectivity index (χ1) is 15.9. The van der Waals surface area contributed by atoms with Gasteiger partial charge in [-0.15, -0.1) is 0 Å². The topological polar surface area (TPSA) is 61.4 Å². The zero-order chi connectivity index (χ0) is 23.1. The van der Waals surface area contributed by atoms with Gasteiger partial charge in [-0.05, 0) is 49.4 Å². The maximum atomic E-state index is 14.3. The van der Waals surface area contributed by atoms with Gasteiger partial charge in [-0.25, -0.2) is 18.7 Å². The van der Waals surface area contributed by atoms with Gasteiger partial charge in [-0.3, -0.25) is 4.79 Å². The molecule has 0 spiro atoms. The number of hydrogen-bond acceptors (Lipinski definition) is 5. The summed E-state index contributed by atoms with van der Waals surface area (Å²) in [6, 6.07) is 4.64. The summed E-state index contributed by atoms with van der Waals surface area (Å²) >= 11 is 5.88. The predicted molar refractivity (Wildman–Crippen MR) is 123 cm³/mol. The average Bonchev–Trinajstić information content (AvgIpc) is 3.45. The van der Waals surface area contributed by atoms with E-state index < -0.39 is 17.9 Å². The van der Waals surface area contributed by atoms with Crippen molar-refractivity contribution in [1.82, 2.24) is 20.2 Å². The Morgan fingerprint density at radius 2 is 2.03 bits per heavy atom. The van der Waals surface area contributed by atoms with E-state index in [0.29, 0.717) is 43.9 Å². The van der Waals surface area contributed by atoms with Crippen molar-refractivity contribution >= 4 is 23.3 Å². The van der Waals surface area contributed by atoms with Crippen molar-refractivity contribution in [3.05, 3.63) is 52.2 Å². The number of aromatic nitrogens is 2. The van der Waals surface area contributed by atoms with Gasteiger partial charge in [0.2, 0.25) is 5.91 Å². The van der Waals surface area contributed by atoms with Crippen molar-refractivity contribution < 1.29 is 13.6 Å². The van der Waals surface area contributed by atoms with Crippen LogP contribution in [0.15, 0.2) is 24.5 Å². The van der Waals surface area contributed by atoms with Crippen LogP contribution in [-0.2, 0) is 4.79 Å². The van der Waals surface area contributed by atoms with Gasteiger partial charge < -0.3 is 15.1 Å². The first kappa shape index (κ1) is 22.5. The molecule has 2 saturated heterocycles. The summed E-state index contributed by atoms with van der Waals surface area (Å²) in [5, 5.41) is 3.47. The van der Waals surface area contributed by atoms with Crippen molar-refractivity contribution in [2.75, 3.05) is 37.6 Å². The maximum Gasteiger partial charge on any atom is 0.231 e. The lowest BCUT2D eigenvalue weighted by Crippen LogP contribution is -2.52. The van der Waals surface area contributed by atoms with Crippen LogP contribution in [0.4, 0.5) is 14.6 Å². The monoisotopic (exact) mass is 475 g/mol. The van der Waals surface area contributed by atoms with Gasteiger partial charge in [-0.2, -0.15) is 0 Å². The highest BCUT2D eigenvalue weighted by molar-refractivity contribution is 6.30. The van der Waals surface area contributed by atoms with Crippen molar-refractivity contribution in [2.24, 2.45) is 0 Å². The minimum absolute atomic E-state index is 0.000814. The standard InChI is InChI=1S/C24H28ClF2N5O/c1-14-11-18(27)22-20(14)23(30-13-29-22)31-7-9-32(10-8-31)24(33)21(19-3-2-6-28-19)15-4-5-16(25)17(26)12-15/h4-5,12-14,18-19,21,28H,2-3,6-11H2,1H3/t14-,18+,19+,21+/m1/s1. The highest BCUT2D eigenvalue weighted by Crippen LogP contribution is 2.44. The summed E-state index contributed by atoms with van der Waals surface area (Å²) in [7, 11) is 0. The molecule has 3 heterocycles. The van der Waals surface area contributed by atoms with Gasteiger partial charge >= 0.3 is 0 Å². The van der Waals surface area contributed by atoms with Gasteiger partial charge in [0, 0.05) is 37.8 Å². The molecule has 5 rings (SSSR count). The first-order valence-corrected chi connectivity index (χ1v) is 12.0. The minimum Gasteiger partial charge on any atom is -0.353 e. The van der Waals surface area contributed by atoms with E-state index in [1.807, 2.05) is 11.8 Å². The van der Waals surface area contributed by atoms with Gasteiger partial charge in [-0.1, -0.05) is 24.6 Å². The Morgan fingerprint density at radius 1 is 1.24 bits per heavy atom. The fourth-order valence-corrected chi connectivity index (χ4v) is 5.62. The molecule has 2 aromatic rings. The van der Waals surface area contributed by atoms with Crippen LogP contribution in [0, 0.1) is 5.82 Å². The van der Waals surface area contributed by atoms with Crippen molar-refractivity contribution in [3.63, 3.8) is 0 Å². The smallest absolute Gasteiger partial charge is 0.231 e. The number of nitrogens with one attached hydrogen (secondary N) is 1. The normalized spacial score (nSPS) is 25.9. The lowest BCUT2D eigenvalue weighted by Gasteiger charge is -2.38. The van der Waals surface area contributed by atoms with Crippen molar-refractivity contribution in [1.29, 1.82) is 0 Å². The molecule has 1 N–H and O–H groups in total. The molecule has 0 saturated carbocycles. The number of benzene rings is 1. The third-order valence-corrected chi connectivity index (χ3v) is 7.51. The summed E-state index contributed by atoms with van der Waals surface area (Å²) < 4.78 is 28.5. The van der Waals surface area contributed by atoms with E-state index in [9.17, 15) is 13.6 Å². The predicted octanol–water partition coefficient (Wildman–Crippen LogP) is 3.97. The Bertz CT molecular complexity index is 1040. The van der Waals surface area contributed by atoms with Crippen LogP contribution in [0.5, 0.6) is 0 Å². The third kappa shape index (κ3) is 4.19. The number of piperazine rings is 1. The molecule has 1 aromatic carbocycles. The lowest BCUT2D eigenvalue weighted by molar-refractivity contribution is -0.133. The Labute approximate surface area is 197 Å². The van der Waals surface area contributed by atoms with Crippen LogP contribution in [0.3, 0.4) is 0 Å². The molecule has 1 aromatic heterocycles. The number of amides is 1. The second kappa shape index (κ2) is 9.14. The number of anilines is 1. The Hall–Kier alpha value is -2.32. The third-order valence-electron chi connectivity index (χ3n) is 7.20. The van der Waals surface area contributed by atoms with Crippen LogP contribution in [0.2, 0.25) is 5.02 Å². The highest BCUT2D eigenvalue weighted by Gasteiger charge is 2.38. The average molecular weight is 476 g/mol. The first-order valence-electron chi connectivity index (χ1n) is 11.6. The molecule has 6 nitrogen and oxygen atoms in total. The summed E-state index contributed by atoms with van der Waals surface area (Å²) in [5.41, 5.74) is 2.05. The summed E-state index contributed by atoms with van der Waals surface area (Å²) in [6.45, 7) is 5.15. The molecule has 2 fully saturated rings. The zero-order valence-corrected chi connectivity index (χ0v) is 19.4. The number of fused-ring (bicyclic) bond motifs is 1. The van der Waals surface area contributed by atoms with Gasteiger partial charge in [0.05, 0.1) is 16.6 Å². The van der Waals surface area contributed by atoms with Gasteiger partial charge in [0.25, 0.3) is 0 Å². The van der Waals surface area contributed by atoms with E-state index in [-0.39, 0.29) is 22.9 Å². The van der Waals surface area contributed by atoms with E-state index in [1.165, 1.54) is 18.5 Å². The quantitative estimate of drug-likeness (QED) is 0.725. The van der Waals surface area contributed by atoms with E-state index in [2.05, 4.69) is 20.2 Å². The summed E-state index contributed by atoms with van der Waals surface area (Å²) in [6.07, 6.45) is 2.69. The number of carbonyl (C=O) groups excluding carboxylic acids is 1. The van der Waals surface area contributed by atoms with E-state index in [4.69, 9.17) is 11.6 Å². The van der Waals surface area contributed by atoms with Crippen LogP contribution in [-0.4, -0.2) is 59.5 Å². The molecule has 33 heavy (non-hydrogen) atoms. The number of rotatable bonds is 4. The zero-order valence-electron chi connectivity index (χ0n) is 18.6. The van der Waals surface area contributed by atoms with Crippen LogP contribution >= 0.6 is 11.6 Å². The number of nitrogens with zero attached hydrogens (tertiary/aromatic N) is 4. The number of hydrogen-bond donors (Lipinski definition) is 1. The fourth-order valence-electron chi connectivity index (χ4n) is 5.50. The van der Waals surface area contributed by atoms with E-state index >= 15 is 0 Å². The number of alkyl halides is 1. The fraction of sp³-hybridized carbons (Fsp3) is 0.542. The van der Waals surface area contributed by atoms with Crippen molar-refractivity contribution in [2.45, 2.75) is 50.2 Å². The molecule has 0 unspecified atom stereocenters. The molecule has 176 valence electrons. The molecule has 9 heteroatoms. The van der Waals surface area contributed by atoms with Crippen molar-refractivity contribution in [3.8, 4) is 0 Å². The Kier molecular flexibility index (Phi) is 6.22. The van der Waals surface area contributed by atoms with Gasteiger partial charge in [0.1, 0.15) is 24.1 Å². The molecule has 4 atom stereocenters. The van der Waals surface area contributed by atoms with Crippen LogP contribution < -0.4 is 10.2 Å². The summed E-state index contributed by atoms with van der Waals surface area (Å²) in [4.78, 5) is 26.3. The molecular formula is C24H28ClF2N5O. The Morgan fingerprint density at radius 3 is 2.73 bits per heavy atom. The second-order valence-corrected chi connectivity index (χ2v) is 9.67. The molecule has 1 aliphatic carbocycles. The lowest BCUT2D eigenvalue weighted by atomic mass is 9.88. The molecule has 2 aliphatic heterocycles. The molecule has 0 radical (unpaired) electrons. The highest BCUT2D eigenvalue weighted by atomic mass is 35.5. The van der Waals surface area contributed by atoms with E-state index in [1.54, 1.807) is 6.07 Å². The second-order valence-electron chi connectivity index (χ2n) is 9.27. The SMILES string of the molecule is C[C@@H]1C[C@H](F)c2ncnc(N3CCN(C(=O)[C@@H](c4ccc(Cl)c(F)c4)[C@@H]4CCCN4)CC3)c21. The molecule has 1 amide bonds. The largest absolute Gasteiger partial charge is 0.353 e. The summed E-state index contributed by atoms with van der Waals surface area (Å²) in [5.74, 6) is -0.105. The molecule has 0 bridgehead atoms. The minimum atomic E-state index is -1.04. The molecular weight excluding hydrogens is 448 g/mol. The Balaban J connectivity index is 1.34. The van der Waals surface area contributed by atoms with Gasteiger partial charge in [0.15, 0.2) is 0 Å². The maximum absolute atomic E-state index is 14.3. The number of carbonyl (C=O) groups is 1. The van der Waals surface area contributed by atoms with Crippen LogP contribution in [0.25, 0.3) is 0 Å².